The fourth-order valence-electron chi connectivity index (χ4n) is 1.80. The summed E-state index contributed by atoms with van der Waals surface area (Å²) in [6, 6.07) is -1.37. The third-order valence-corrected chi connectivity index (χ3v) is 3.06. The van der Waals surface area contributed by atoms with E-state index in [-0.39, 0.29) is 6.54 Å². The minimum Gasteiger partial charge on any atom is -0.480 e. The van der Waals surface area contributed by atoms with E-state index in [1.807, 2.05) is 6.92 Å². The van der Waals surface area contributed by atoms with E-state index < -0.39 is 18.0 Å². The molecule has 0 aromatic carbocycles. The van der Waals surface area contributed by atoms with Gasteiger partial charge in [0.15, 0.2) is 0 Å². The minimum atomic E-state index is -1.02. The molecule has 1 atom stereocenters. The smallest absolute Gasteiger partial charge is 0.326 e. The third kappa shape index (κ3) is 4.56. The maximum absolute atomic E-state index is 11.7. The normalized spacial score (nSPS) is 11.9. The highest BCUT2D eigenvalue weighted by molar-refractivity contribution is 5.82. The van der Waals surface area contributed by atoms with Crippen molar-refractivity contribution in [1.82, 2.24) is 15.8 Å². The van der Waals surface area contributed by atoms with Gasteiger partial charge in [0.1, 0.15) is 11.8 Å². The Bertz CT molecular complexity index is 451. The number of carbonyl (C=O) groups excluding carboxylic acids is 1. The van der Waals surface area contributed by atoms with Crippen molar-refractivity contribution in [3.05, 3.63) is 17.0 Å². The fourth-order valence-corrected chi connectivity index (χ4v) is 1.80. The molecule has 0 aliphatic carbocycles. The predicted molar refractivity (Wildman–Crippen MR) is 72.3 cm³/mol. The summed E-state index contributed by atoms with van der Waals surface area (Å²) >= 11 is 0. The first-order chi connectivity index (χ1) is 9.45. The second-order valence-corrected chi connectivity index (χ2v) is 4.66. The first kappa shape index (κ1) is 16.0. The number of aliphatic carboxylic acids is 1. The lowest BCUT2D eigenvalue weighted by atomic mass is 10.1. The lowest BCUT2D eigenvalue weighted by Crippen LogP contribution is -2.45. The van der Waals surface area contributed by atoms with Crippen molar-refractivity contribution in [2.24, 2.45) is 0 Å². The van der Waals surface area contributed by atoms with Crippen LogP contribution in [0.2, 0.25) is 0 Å². The molecule has 0 aliphatic rings. The summed E-state index contributed by atoms with van der Waals surface area (Å²) in [6.07, 6.45) is 2.05. The molecule has 0 saturated carbocycles. The number of aromatic nitrogens is 1. The number of carboxylic acid groups (broad SMARTS) is 1. The largest absolute Gasteiger partial charge is 0.480 e. The van der Waals surface area contributed by atoms with Crippen LogP contribution in [0.3, 0.4) is 0 Å². The molecule has 1 rings (SSSR count). The van der Waals surface area contributed by atoms with Crippen molar-refractivity contribution in [1.29, 1.82) is 0 Å². The molecular weight excluding hydrogens is 262 g/mol. The summed E-state index contributed by atoms with van der Waals surface area (Å²) in [5, 5.41) is 17.9. The second-order valence-electron chi connectivity index (χ2n) is 4.66. The summed E-state index contributed by atoms with van der Waals surface area (Å²) in [6.45, 7) is 5.77. The van der Waals surface area contributed by atoms with E-state index in [4.69, 9.17) is 9.63 Å². The average Bonchev–Trinajstić information content (AvgIpc) is 2.71. The Morgan fingerprint density at radius 2 is 2.10 bits per heavy atom. The number of hydrogen-bond acceptors (Lipinski definition) is 4. The van der Waals surface area contributed by atoms with E-state index >= 15 is 0 Å². The molecule has 7 nitrogen and oxygen atoms in total. The van der Waals surface area contributed by atoms with Crippen LogP contribution in [0.15, 0.2) is 4.52 Å². The molecule has 1 aromatic heterocycles. The number of hydrogen-bond donors (Lipinski definition) is 3. The first-order valence-corrected chi connectivity index (χ1v) is 6.64. The highest BCUT2D eigenvalue weighted by atomic mass is 16.5. The van der Waals surface area contributed by atoms with Crippen LogP contribution in [0.25, 0.3) is 0 Å². The van der Waals surface area contributed by atoms with Crippen molar-refractivity contribution in [2.75, 3.05) is 0 Å². The van der Waals surface area contributed by atoms with Gasteiger partial charge in [0, 0.05) is 12.1 Å². The molecule has 1 aromatic rings. The first-order valence-electron chi connectivity index (χ1n) is 6.64. The zero-order chi connectivity index (χ0) is 15.1. The van der Waals surface area contributed by atoms with Crippen LogP contribution in [0, 0.1) is 13.8 Å². The quantitative estimate of drug-likeness (QED) is 0.707. The van der Waals surface area contributed by atoms with Gasteiger partial charge in [0.25, 0.3) is 0 Å². The highest BCUT2D eigenvalue weighted by Gasteiger charge is 2.19. The van der Waals surface area contributed by atoms with Gasteiger partial charge in [-0.25, -0.2) is 9.59 Å². The highest BCUT2D eigenvalue weighted by Crippen LogP contribution is 2.11. The molecule has 0 bridgehead atoms. The number of carbonyl (C=O) groups is 2. The molecule has 0 saturated heterocycles. The van der Waals surface area contributed by atoms with Gasteiger partial charge in [-0.1, -0.05) is 24.9 Å². The number of amides is 2. The van der Waals surface area contributed by atoms with Crippen molar-refractivity contribution >= 4 is 12.0 Å². The summed E-state index contributed by atoms with van der Waals surface area (Å²) in [4.78, 5) is 22.7. The van der Waals surface area contributed by atoms with Gasteiger partial charge in [-0.15, -0.1) is 0 Å². The van der Waals surface area contributed by atoms with Crippen LogP contribution in [0.5, 0.6) is 0 Å². The molecule has 1 unspecified atom stereocenters. The number of urea groups is 1. The van der Waals surface area contributed by atoms with E-state index in [0.29, 0.717) is 17.9 Å². The van der Waals surface area contributed by atoms with Crippen LogP contribution in [-0.2, 0) is 11.3 Å². The molecule has 2 amide bonds. The minimum absolute atomic E-state index is 0.257. The number of aryl methyl sites for hydroxylation is 2. The molecule has 20 heavy (non-hydrogen) atoms. The van der Waals surface area contributed by atoms with Crippen molar-refractivity contribution in [3.63, 3.8) is 0 Å². The van der Waals surface area contributed by atoms with Crippen LogP contribution in [0.1, 0.15) is 43.2 Å². The Morgan fingerprint density at radius 1 is 1.40 bits per heavy atom. The average molecular weight is 283 g/mol. The number of nitrogens with one attached hydrogen (secondary N) is 2. The Labute approximate surface area is 117 Å². The number of carboxylic acids is 1. The summed E-state index contributed by atoms with van der Waals surface area (Å²) in [5.74, 6) is -0.380. The van der Waals surface area contributed by atoms with Crippen molar-refractivity contribution in [3.8, 4) is 0 Å². The summed E-state index contributed by atoms with van der Waals surface area (Å²) in [5.41, 5.74) is 1.52. The van der Waals surface area contributed by atoms with Crippen LogP contribution < -0.4 is 10.6 Å². The predicted octanol–water partition coefficient (Wildman–Crippen LogP) is 1.73. The van der Waals surface area contributed by atoms with Gasteiger partial charge in [-0.05, 0) is 20.3 Å². The molecule has 0 radical (unpaired) electrons. The van der Waals surface area contributed by atoms with Gasteiger partial charge in [-0.2, -0.15) is 0 Å². The van der Waals surface area contributed by atoms with Crippen molar-refractivity contribution in [2.45, 2.75) is 52.6 Å². The van der Waals surface area contributed by atoms with Gasteiger partial charge in [0.05, 0.1) is 5.69 Å². The molecule has 0 aliphatic heterocycles. The Morgan fingerprint density at radius 3 is 2.60 bits per heavy atom. The zero-order valence-corrected chi connectivity index (χ0v) is 12.0. The van der Waals surface area contributed by atoms with Crippen LogP contribution >= 0.6 is 0 Å². The van der Waals surface area contributed by atoms with Crippen molar-refractivity contribution < 1.29 is 19.2 Å². The molecule has 0 spiro atoms. The summed E-state index contributed by atoms with van der Waals surface area (Å²) < 4.78 is 4.98. The van der Waals surface area contributed by atoms with E-state index in [9.17, 15) is 9.59 Å². The molecular formula is C13H21N3O4. The van der Waals surface area contributed by atoms with E-state index in [1.165, 1.54) is 0 Å². The zero-order valence-electron chi connectivity index (χ0n) is 12.0. The van der Waals surface area contributed by atoms with Gasteiger partial charge < -0.3 is 20.3 Å². The van der Waals surface area contributed by atoms with Crippen LogP contribution in [-0.4, -0.2) is 28.3 Å². The van der Waals surface area contributed by atoms with Gasteiger partial charge in [-0.3, -0.25) is 0 Å². The maximum Gasteiger partial charge on any atom is 0.326 e. The molecule has 3 N–H and O–H groups in total. The Kier molecular flexibility index (Phi) is 6.02. The number of unbranched alkanes of at least 4 members (excludes halogenated alkanes) is 1. The fraction of sp³-hybridized carbons (Fsp3) is 0.615. The van der Waals surface area contributed by atoms with Crippen LogP contribution in [0.4, 0.5) is 4.79 Å². The van der Waals surface area contributed by atoms with E-state index in [0.717, 1.165) is 18.4 Å². The summed E-state index contributed by atoms with van der Waals surface area (Å²) in [7, 11) is 0. The topological polar surface area (TPSA) is 104 Å². The molecule has 1 heterocycles. The van der Waals surface area contributed by atoms with Gasteiger partial charge >= 0.3 is 12.0 Å². The van der Waals surface area contributed by atoms with E-state index in [2.05, 4.69) is 15.8 Å². The molecule has 0 fully saturated rings. The number of nitrogens with zero attached hydrogens (tertiary/aromatic N) is 1. The molecule has 112 valence electrons. The number of rotatable bonds is 7. The third-order valence-electron chi connectivity index (χ3n) is 3.06. The molecule has 7 heteroatoms. The second kappa shape index (κ2) is 7.52. The lowest BCUT2D eigenvalue weighted by Gasteiger charge is -2.14. The monoisotopic (exact) mass is 283 g/mol. The Hall–Kier alpha value is -2.05. The standard InChI is InChI=1S/C13H21N3O4/c1-4-5-6-11(12(17)18)15-13(19)14-7-10-8(2)16-20-9(10)3/h11H,4-7H2,1-3H3,(H,17,18)(H2,14,15,19). The Balaban J connectivity index is 2.48. The van der Waals surface area contributed by atoms with E-state index in [1.54, 1.807) is 13.8 Å². The van der Waals surface area contributed by atoms with Gasteiger partial charge in [0.2, 0.25) is 0 Å². The SMILES string of the molecule is CCCCC(NC(=O)NCc1c(C)noc1C)C(=O)O. The maximum atomic E-state index is 11.7. The lowest BCUT2D eigenvalue weighted by molar-refractivity contribution is -0.139.